The van der Waals surface area contributed by atoms with Crippen LogP contribution in [0.1, 0.15) is 15.9 Å². The van der Waals surface area contributed by atoms with E-state index >= 15 is 0 Å². The summed E-state index contributed by atoms with van der Waals surface area (Å²) in [6, 6.07) is 21.0. The summed E-state index contributed by atoms with van der Waals surface area (Å²) in [6.45, 7) is 0.656. The third-order valence-corrected chi connectivity index (χ3v) is 4.15. The van der Waals surface area contributed by atoms with Crippen LogP contribution in [-0.4, -0.2) is 10.9 Å². The van der Waals surface area contributed by atoms with Gasteiger partial charge in [-0.05, 0) is 45.8 Å². The molecule has 2 aromatic carbocycles. The van der Waals surface area contributed by atoms with Crippen molar-refractivity contribution in [2.24, 2.45) is 0 Å². The first-order chi connectivity index (χ1) is 11.7. The van der Waals surface area contributed by atoms with Gasteiger partial charge < -0.3 is 10.6 Å². The normalized spacial score (nSPS) is 10.2. The maximum absolute atomic E-state index is 12.4. The Morgan fingerprint density at radius 1 is 1.00 bits per heavy atom. The number of anilines is 2. The van der Waals surface area contributed by atoms with E-state index in [2.05, 4.69) is 31.5 Å². The van der Waals surface area contributed by atoms with Crippen molar-refractivity contribution in [2.45, 2.75) is 6.54 Å². The van der Waals surface area contributed by atoms with Crippen molar-refractivity contribution < 1.29 is 4.79 Å². The molecule has 3 aromatic rings. The second-order valence-electron chi connectivity index (χ2n) is 5.20. The fraction of sp³-hybridized carbons (Fsp3) is 0.0526. The molecule has 1 amide bonds. The van der Waals surface area contributed by atoms with Crippen LogP contribution in [0.15, 0.2) is 77.4 Å². The molecule has 0 saturated heterocycles. The molecule has 120 valence electrons. The monoisotopic (exact) mass is 381 g/mol. The summed E-state index contributed by atoms with van der Waals surface area (Å²) in [6.07, 6.45) is 1.63. The summed E-state index contributed by atoms with van der Waals surface area (Å²) in [7, 11) is 0. The Kier molecular flexibility index (Phi) is 5.23. The minimum atomic E-state index is -0.174. The lowest BCUT2D eigenvalue weighted by Crippen LogP contribution is -2.13. The quantitative estimate of drug-likeness (QED) is 0.672. The van der Waals surface area contributed by atoms with E-state index in [0.29, 0.717) is 17.9 Å². The molecule has 0 saturated carbocycles. The molecule has 4 nitrogen and oxygen atoms in total. The standard InChI is InChI=1S/C19H16BrN3O/c20-16-8-4-5-9-17(16)23-19(24)15-10-11-21-18(12-15)22-13-14-6-2-1-3-7-14/h1-12H,13H2,(H,21,22)(H,23,24). The minimum absolute atomic E-state index is 0.174. The predicted octanol–water partition coefficient (Wildman–Crippen LogP) is 4.71. The fourth-order valence-electron chi connectivity index (χ4n) is 2.21. The highest BCUT2D eigenvalue weighted by molar-refractivity contribution is 9.10. The summed E-state index contributed by atoms with van der Waals surface area (Å²) in [5.74, 6) is 0.491. The Labute approximate surface area is 149 Å². The van der Waals surface area contributed by atoms with Crippen LogP contribution >= 0.6 is 15.9 Å². The van der Waals surface area contributed by atoms with Crippen LogP contribution in [0.25, 0.3) is 0 Å². The summed E-state index contributed by atoms with van der Waals surface area (Å²) in [5.41, 5.74) is 2.44. The van der Waals surface area contributed by atoms with Crippen molar-refractivity contribution in [2.75, 3.05) is 10.6 Å². The lowest BCUT2D eigenvalue weighted by molar-refractivity contribution is 0.102. The summed E-state index contributed by atoms with van der Waals surface area (Å²) in [5, 5.41) is 6.12. The lowest BCUT2D eigenvalue weighted by Gasteiger charge is -2.09. The van der Waals surface area contributed by atoms with Crippen molar-refractivity contribution in [3.8, 4) is 0 Å². The highest BCUT2D eigenvalue weighted by Gasteiger charge is 2.09. The molecule has 5 heteroatoms. The number of aromatic nitrogens is 1. The maximum atomic E-state index is 12.4. The Morgan fingerprint density at radius 2 is 1.75 bits per heavy atom. The number of amides is 1. The van der Waals surface area contributed by atoms with Crippen LogP contribution in [0.4, 0.5) is 11.5 Å². The molecule has 0 fully saturated rings. The number of carbonyl (C=O) groups excluding carboxylic acids is 1. The SMILES string of the molecule is O=C(Nc1ccccc1Br)c1ccnc(NCc2ccccc2)c1. The molecular formula is C19H16BrN3O. The number of halogens is 1. The van der Waals surface area contributed by atoms with Crippen molar-refractivity contribution >= 4 is 33.3 Å². The average Bonchev–Trinajstić information content (AvgIpc) is 2.63. The Morgan fingerprint density at radius 3 is 2.54 bits per heavy atom. The van der Waals surface area contributed by atoms with Crippen LogP contribution in [0.3, 0.4) is 0 Å². The molecule has 0 atom stereocenters. The number of pyridine rings is 1. The molecule has 2 N–H and O–H groups in total. The number of hydrogen-bond donors (Lipinski definition) is 2. The second-order valence-corrected chi connectivity index (χ2v) is 6.06. The zero-order valence-electron chi connectivity index (χ0n) is 12.9. The number of rotatable bonds is 5. The van der Waals surface area contributed by atoms with Gasteiger partial charge >= 0.3 is 0 Å². The van der Waals surface area contributed by atoms with Crippen molar-refractivity contribution in [1.29, 1.82) is 0 Å². The number of benzene rings is 2. The van der Waals surface area contributed by atoms with E-state index in [1.54, 1.807) is 18.3 Å². The number of nitrogens with one attached hydrogen (secondary N) is 2. The van der Waals surface area contributed by atoms with Crippen LogP contribution in [0.5, 0.6) is 0 Å². The van der Waals surface area contributed by atoms with Gasteiger partial charge in [0.25, 0.3) is 5.91 Å². The van der Waals surface area contributed by atoms with E-state index in [0.717, 1.165) is 15.7 Å². The number of carbonyl (C=O) groups is 1. The highest BCUT2D eigenvalue weighted by Crippen LogP contribution is 2.22. The van der Waals surface area contributed by atoms with Crippen LogP contribution in [0, 0.1) is 0 Å². The first-order valence-electron chi connectivity index (χ1n) is 7.52. The molecule has 0 aliphatic heterocycles. The van der Waals surface area contributed by atoms with Gasteiger partial charge in [0.15, 0.2) is 0 Å². The Hall–Kier alpha value is -2.66. The van der Waals surface area contributed by atoms with Crippen molar-refractivity contribution in [3.63, 3.8) is 0 Å². The van der Waals surface area contributed by atoms with E-state index in [1.165, 1.54) is 0 Å². The van der Waals surface area contributed by atoms with Crippen molar-refractivity contribution in [1.82, 2.24) is 4.98 Å². The molecule has 0 aliphatic rings. The van der Waals surface area contributed by atoms with Gasteiger partial charge in [-0.1, -0.05) is 42.5 Å². The molecule has 0 spiro atoms. The Balaban J connectivity index is 1.68. The number of nitrogens with zero attached hydrogens (tertiary/aromatic N) is 1. The molecule has 1 heterocycles. The summed E-state index contributed by atoms with van der Waals surface area (Å²) < 4.78 is 0.842. The minimum Gasteiger partial charge on any atom is -0.366 e. The average molecular weight is 382 g/mol. The lowest BCUT2D eigenvalue weighted by atomic mass is 10.2. The second kappa shape index (κ2) is 7.75. The van der Waals surface area contributed by atoms with Gasteiger partial charge in [0.2, 0.25) is 0 Å². The van der Waals surface area contributed by atoms with Gasteiger partial charge in [-0.3, -0.25) is 4.79 Å². The smallest absolute Gasteiger partial charge is 0.255 e. The van der Waals surface area contributed by atoms with Crippen LogP contribution in [-0.2, 0) is 6.54 Å². The van der Waals surface area contributed by atoms with Crippen LogP contribution < -0.4 is 10.6 Å². The van der Waals surface area contributed by atoms with Gasteiger partial charge in [0.1, 0.15) is 5.82 Å². The van der Waals surface area contributed by atoms with E-state index in [9.17, 15) is 4.79 Å². The first-order valence-corrected chi connectivity index (χ1v) is 8.31. The van der Waals surface area contributed by atoms with Gasteiger partial charge in [-0.15, -0.1) is 0 Å². The summed E-state index contributed by atoms with van der Waals surface area (Å²) >= 11 is 3.42. The first kappa shape index (κ1) is 16.2. The third-order valence-electron chi connectivity index (χ3n) is 3.46. The molecular weight excluding hydrogens is 366 g/mol. The van der Waals surface area contributed by atoms with Crippen molar-refractivity contribution in [3.05, 3.63) is 88.5 Å². The van der Waals surface area contributed by atoms with Gasteiger partial charge in [0.05, 0.1) is 5.69 Å². The number of hydrogen-bond acceptors (Lipinski definition) is 3. The fourth-order valence-corrected chi connectivity index (χ4v) is 2.60. The molecule has 3 rings (SSSR count). The molecule has 0 bridgehead atoms. The maximum Gasteiger partial charge on any atom is 0.255 e. The highest BCUT2D eigenvalue weighted by atomic mass is 79.9. The molecule has 0 unspecified atom stereocenters. The van der Waals surface area contributed by atoms with E-state index in [4.69, 9.17) is 0 Å². The number of para-hydroxylation sites is 1. The van der Waals surface area contributed by atoms with Gasteiger partial charge in [-0.2, -0.15) is 0 Å². The molecule has 0 aliphatic carbocycles. The third kappa shape index (κ3) is 4.20. The van der Waals surface area contributed by atoms with E-state index < -0.39 is 0 Å². The van der Waals surface area contributed by atoms with Gasteiger partial charge in [0, 0.05) is 22.8 Å². The predicted molar refractivity (Wildman–Crippen MR) is 100 cm³/mol. The zero-order chi connectivity index (χ0) is 16.8. The molecule has 0 radical (unpaired) electrons. The van der Waals surface area contributed by atoms with Gasteiger partial charge in [-0.25, -0.2) is 4.98 Å². The zero-order valence-corrected chi connectivity index (χ0v) is 14.5. The van der Waals surface area contributed by atoms with Crippen LogP contribution in [0.2, 0.25) is 0 Å². The molecule has 24 heavy (non-hydrogen) atoms. The van der Waals surface area contributed by atoms with E-state index in [-0.39, 0.29) is 5.91 Å². The largest absolute Gasteiger partial charge is 0.366 e. The molecule has 1 aromatic heterocycles. The van der Waals surface area contributed by atoms with E-state index in [1.807, 2.05) is 54.6 Å². The summed E-state index contributed by atoms with van der Waals surface area (Å²) in [4.78, 5) is 16.7. The topological polar surface area (TPSA) is 54.0 Å². The Bertz CT molecular complexity index is 837.